The van der Waals surface area contributed by atoms with Crippen molar-refractivity contribution in [2.75, 3.05) is 17.7 Å². The lowest BCUT2D eigenvalue weighted by Crippen LogP contribution is -2.34. The van der Waals surface area contributed by atoms with Crippen LogP contribution in [0.25, 0.3) is 0 Å². The van der Waals surface area contributed by atoms with E-state index in [1.54, 1.807) is 20.8 Å². The molecular formula is C8H15N5O2. The molecule has 0 atom stereocenters. The molecule has 1 aromatic rings. The van der Waals surface area contributed by atoms with E-state index in [1.807, 2.05) is 0 Å². The normalized spacial score (nSPS) is 11.2. The van der Waals surface area contributed by atoms with Crippen LogP contribution in [0.4, 0.5) is 16.7 Å². The Bertz CT molecular complexity index is 354. The first kappa shape index (κ1) is 11.3. The summed E-state index contributed by atoms with van der Waals surface area (Å²) in [5, 5.41) is 6.17. The fraction of sp³-hybridized carbons (Fsp3) is 0.625. The van der Waals surface area contributed by atoms with Gasteiger partial charge in [0, 0.05) is 7.05 Å². The maximum absolute atomic E-state index is 11.5. The van der Waals surface area contributed by atoms with Crippen LogP contribution in [0, 0.1) is 0 Å². The number of anilines is 2. The number of aromatic nitrogens is 3. The van der Waals surface area contributed by atoms with Gasteiger partial charge in [0.05, 0.1) is 0 Å². The van der Waals surface area contributed by atoms with Gasteiger partial charge in [-0.25, -0.2) is 14.8 Å². The zero-order valence-corrected chi connectivity index (χ0v) is 9.24. The number of hydrogen-bond acceptors (Lipinski definition) is 5. The second kappa shape index (κ2) is 3.76. The van der Waals surface area contributed by atoms with Crippen LogP contribution in [0.1, 0.15) is 20.8 Å². The molecule has 15 heavy (non-hydrogen) atoms. The summed E-state index contributed by atoms with van der Waals surface area (Å²) in [7, 11) is 1.51. The van der Waals surface area contributed by atoms with Gasteiger partial charge in [0.2, 0.25) is 5.95 Å². The summed E-state index contributed by atoms with van der Waals surface area (Å²) < 4.78 is 5.12. The molecule has 3 N–H and O–H groups in total. The van der Waals surface area contributed by atoms with Crippen molar-refractivity contribution >= 4 is 18.0 Å². The van der Waals surface area contributed by atoms with Gasteiger partial charge in [-0.1, -0.05) is 0 Å². The average molecular weight is 213 g/mol. The van der Waals surface area contributed by atoms with Crippen LogP contribution in [0.2, 0.25) is 0 Å². The Labute approximate surface area is 87.6 Å². The Balaban J connectivity index is 2.69. The van der Waals surface area contributed by atoms with E-state index in [9.17, 15) is 4.79 Å². The van der Waals surface area contributed by atoms with Crippen molar-refractivity contribution in [3.63, 3.8) is 0 Å². The number of nitrogen functional groups attached to an aromatic ring is 1. The van der Waals surface area contributed by atoms with Crippen LogP contribution in [0.15, 0.2) is 0 Å². The second-order valence-electron chi connectivity index (χ2n) is 4.06. The lowest BCUT2D eigenvalue weighted by atomic mass is 10.2. The average Bonchev–Trinajstić information content (AvgIpc) is 2.47. The van der Waals surface area contributed by atoms with E-state index in [4.69, 9.17) is 10.5 Å². The summed E-state index contributed by atoms with van der Waals surface area (Å²) in [6, 6.07) is 0. The topological polar surface area (TPSA) is 97.1 Å². The van der Waals surface area contributed by atoms with Crippen molar-refractivity contribution in [2.24, 2.45) is 0 Å². The van der Waals surface area contributed by atoms with E-state index in [-0.39, 0.29) is 11.9 Å². The van der Waals surface area contributed by atoms with Crippen LogP contribution in [-0.2, 0) is 4.74 Å². The SMILES string of the molecule is CN(C(=O)OC(C)(C)C)c1n[nH]c(N)n1. The highest BCUT2D eigenvalue weighted by molar-refractivity contribution is 5.84. The van der Waals surface area contributed by atoms with Crippen molar-refractivity contribution in [2.45, 2.75) is 26.4 Å². The molecule has 0 fully saturated rings. The third-order valence-electron chi connectivity index (χ3n) is 1.46. The Kier molecular flexibility index (Phi) is 2.83. The largest absolute Gasteiger partial charge is 0.443 e. The van der Waals surface area contributed by atoms with Crippen molar-refractivity contribution in [3.8, 4) is 0 Å². The van der Waals surface area contributed by atoms with Gasteiger partial charge in [0.1, 0.15) is 5.60 Å². The zero-order valence-electron chi connectivity index (χ0n) is 9.24. The minimum Gasteiger partial charge on any atom is -0.443 e. The number of carbonyl (C=O) groups excluding carboxylic acids is 1. The highest BCUT2D eigenvalue weighted by Crippen LogP contribution is 2.12. The lowest BCUT2D eigenvalue weighted by molar-refractivity contribution is 0.0587. The van der Waals surface area contributed by atoms with Gasteiger partial charge >= 0.3 is 6.09 Å². The van der Waals surface area contributed by atoms with Crippen molar-refractivity contribution < 1.29 is 9.53 Å². The van der Waals surface area contributed by atoms with Crippen molar-refractivity contribution in [3.05, 3.63) is 0 Å². The minimum absolute atomic E-state index is 0.153. The molecule has 1 heterocycles. The van der Waals surface area contributed by atoms with Gasteiger partial charge in [-0.2, -0.15) is 4.98 Å². The van der Waals surface area contributed by atoms with E-state index in [0.29, 0.717) is 0 Å². The Morgan fingerprint density at radius 3 is 2.53 bits per heavy atom. The molecule has 0 aliphatic carbocycles. The summed E-state index contributed by atoms with van der Waals surface area (Å²) in [5.41, 5.74) is 4.79. The number of rotatable bonds is 1. The van der Waals surface area contributed by atoms with Gasteiger partial charge in [-0.15, -0.1) is 5.10 Å². The van der Waals surface area contributed by atoms with Crippen LogP contribution >= 0.6 is 0 Å². The van der Waals surface area contributed by atoms with Crippen LogP contribution in [0.5, 0.6) is 0 Å². The van der Waals surface area contributed by atoms with Gasteiger partial charge in [-0.3, -0.25) is 0 Å². The number of hydrogen-bond donors (Lipinski definition) is 2. The molecule has 7 heteroatoms. The van der Waals surface area contributed by atoms with Crippen LogP contribution in [0.3, 0.4) is 0 Å². The fourth-order valence-electron chi connectivity index (χ4n) is 0.827. The summed E-state index contributed by atoms with van der Waals surface area (Å²) in [6.45, 7) is 5.35. The molecular weight excluding hydrogens is 198 g/mol. The molecule has 0 aliphatic rings. The van der Waals surface area contributed by atoms with Crippen molar-refractivity contribution in [1.29, 1.82) is 0 Å². The molecule has 0 radical (unpaired) electrons. The highest BCUT2D eigenvalue weighted by Gasteiger charge is 2.22. The van der Waals surface area contributed by atoms with E-state index < -0.39 is 11.7 Å². The molecule has 84 valence electrons. The Morgan fingerprint density at radius 1 is 1.53 bits per heavy atom. The standard InChI is InChI=1S/C8H15N5O2/c1-8(2,3)15-7(14)13(4)6-10-5(9)11-12-6/h1-4H3,(H3,9,10,11,12). The number of nitrogens with two attached hydrogens (primary N) is 1. The number of ether oxygens (including phenoxy) is 1. The van der Waals surface area contributed by atoms with Gasteiger partial charge < -0.3 is 10.5 Å². The molecule has 0 aliphatic heterocycles. The first-order valence-corrected chi connectivity index (χ1v) is 4.44. The first-order chi connectivity index (χ1) is 6.79. The van der Waals surface area contributed by atoms with E-state index in [2.05, 4.69) is 15.2 Å². The molecule has 1 rings (SSSR count). The second-order valence-corrected chi connectivity index (χ2v) is 4.06. The van der Waals surface area contributed by atoms with Gasteiger partial charge in [-0.05, 0) is 20.8 Å². The predicted octanol–water partition coefficient (Wildman–Crippen LogP) is 0.758. The summed E-state index contributed by atoms with van der Waals surface area (Å²) >= 11 is 0. The number of nitrogens with one attached hydrogen (secondary N) is 1. The molecule has 1 amide bonds. The van der Waals surface area contributed by atoms with E-state index >= 15 is 0 Å². The molecule has 1 aromatic heterocycles. The molecule has 0 saturated carbocycles. The maximum Gasteiger partial charge on any atom is 0.416 e. The fourth-order valence-corrected chi connectivity index (χ4v) is 0.827. The molecule has 0 bridgehead atoms. The number of nitrogens with zero attached hydrogens (tertiary/aromatic N) is 3. The van der Waals surface area contributed by atoms with E-state index in [1.165, 1.54) is 11.9 Å². The number of amides is 1. The lowest BCUT2D eigenvalue weighted by Gasteiger charge is -2.22. The highest BCUT2D eigenvalue weighted by atomic mass is 16.6. The summed E-state index contributed by atoms with van der Waals surface area (Å²) in [4.78, 5) is 16.5. The number of carbonyl (C=O) groups is 1. The van der Waals surface area contributed by atoms with Crippen LogP contribution in [-0.4, -0.2) is 33.9 Å². The molecule has 0 aromatic carbocycles. The number of H-pyrrole nitrogens is 1. The molecule has 7 nitrogen and oxygen atoms in total. The summed E-state index contributed by atoms with van der Waals surface area (Å²) in [6.07, 6.45) is -0.526. The Hall–Kier alpha value is -1.79. The molecule has 0 spiro atoms. The number of aromatic amines is 1. The zero-order chi connectivity index (χ0) is 11.6. The van der Waals surface area contributed by atoms with Gasteiger partial charge in [0.15, 0.2) is 0 Å². The van der Waals surface area contributed by atoms with Crippen molar-refractivity contribution in [1.82, 2.24) is 15.2 Å². The Morgan fingerprint density at radius 2 is 2.13 bits per heavy atom. The maximum atomic E-state index is 11.5. The third-order valence-corrected chi connectivity index (χ3v) is 1.46. The molecule has 0 saturated heterocycles. The first-order valence-electron chi connectivity index (χ1n) is 4.44. The summed E-state index contributed by atoms with van der Waals surface area (Å²) in [5.74, 6) is 0.335. The van der Waals surface area contributed by atoms with Crippen LogP contribution < -0.4 is 10.6 Å². The quantitative estimate of drug-likeness (QED) is 0.717. The monoisotopic (exact) mass is 213 g/mol. The third kappa shape index (κ3) is 3.12. The molecule has 0 unspecified atom stereocenters. The minimum atomic E-state index is -0.548. The smallest absolute Gasteiger partial charge is 0.416 e. The predicted molar refractivity (Wildman–Crippen MR) is 55.4 cm³/mol. The van der Waals surface area contributed by atoms with Gasteiger partial charge in [0.25, 0.3) is 5.95 Å². The van der Waals surface area contributed by atoms with E-state index in [0.717, 1.165) is 0 Å².